The summed E-state index contributed by atoms with van der Waals surface area (Å²) in [6.07, 6.45) is 0.0465. The molecular weight excluding hydrogens is 422 g/mol. The van der Waals surface area contributed by atoms with Crippen LogP contribution in [0, 0.1) is 11.6 Å². The Hall–Kier alpha value is -3.36. The van der Waals surface area contributed by atoms with Crippen LogP contribution in [0.3, 0.4) is 0 Å². The number of nitrogens with zero attached hydrogens (tertiary/aromatic N) is 1. The maximum Gasteiger partial charge on any atom is 0.414 e. The Morgan fingerprint density at radius 1 is 1.06 bits per heavy atom. The monoisotopic (exact) mass is 448 g/mol. The third kappa shape index (κ3) is 4.76. The molecule has 0 saturated carbocycles. The van der Waals surface area contributed by atoms with Gasteiger partial charge in [0.2, 0.25) is 0 Å². The summed E-state index contributed by atoms with van der Waals surface area (Å²) in [6, 6.07) is 5.91. The molecule has 0 fully saturated rings. The predicted molar refractivity (Wildman–Crippen MR) is 115 cm³/mol. The van der Waals surface area contributed by atoms with Gasteiger partial charge in [-0.2, -0.15) is 0 Å². The third-order valence-corrected chi connectivity index (χ3v) is 5.40. The Balaban J connectivity index is 1.92. The lowest BCUT2D eigenvalue weighted by molar-refractivity contribution is 0.0948. The zero-order valence-corrected chi connectivity index (χ0v) is 18.4. The molecule has 2 atom stereocenters. The Morgan fingerprint density at radius 3 is 2.28 bits per heavy atom. The van der Waals surface area contributed by atoms with Gasteiger partial charge in [0.1, 0.15) is 11.6 Å². The van der Waals surface area contributed by atoms with Crippen molar-refractivity contribution in [1.82, 2.24) is 5.32 Å². The lowest BCUT2D eigenvalue weighted by Crippen LogP contribution is -2.45. The van der Waals surface area contributed by atoms with Crippen molar-refractivity contribution in [3.8, 4) is 11.5 Å². The van der Waals surface area contributed by atoms with E-state index >= 15 is 0 Å². The van der Waals surface area contributed by atoms with Gasteiger partial charge in [-0.1, -0.05) is 0 Å². The number of halogens is 2. The fourth-order valence-corrected chi connectivity index (χ4v) is 3.97. The number of nitrogens with one attached hydrogen (secondary N) is 1. The minimum absolute atomic E-state index is 0.105. The highest BCUT2D eigenvalue weighted by Gasteiger charge is 2.36. The first-order chi connectivity index (χ1) is 15.3. The van der Waals surface area contributed by atoms with Crippen molar-refractivity contribution in [2.75, 3.05) is 32.3 Å². The van der Waals surface area contributed by atoms with Gasteiger partial charge in [-0.25, -0.2) is 13.6 Å². The molecule has 2 aromatic carbocycles. The molecule has 1 heterocycles. The number of methoxy groups -OCH3 is 2. The molecule has 3 rings (SSSR count). The van der Waals surface area contributed by atoms with Crippen molar-refractivity contribution in [2.24, 2.45) is 0 Å². The van der Waals surface area contributed by atoms with Gasteiger partial charge >= 0.3 is 6.09 Å². The normalized spacial score (nSPS) is 17.4. The first kappa shape index (κ1) is 23.3. The van der Waals surface area contributed by atoms with Gasteiger partial charge in [0.25, 0.3) is 5.91 Å². The molecule has 2 amide bonds. The van der Waals surface area contributed by atoms with E-state index in [4.69, 9.17) is 14.2 Å². The molecule has 1 aliphatic rings. The summed E-state index contributed by atoms with van der Waals surface area (Å²) in [5, 5.41) is 2.74. The summed E-state index contributed by atoms with van der Waals surface area (Å²) in [5.41, 5.74) is 1.25. The van der Waals surface area contributed by atoms with E-state index in [1.54, 1.807) is 24.0 Å². The number of rotatable bonds is 6. The second-order valence-corrected chi connectivity index (χ2v) is 7.48. The number of carbonyl (C=O) groups excluding carboxylic acids is 2. The van der Waals surface area contributed by atoms with Crippen LogP contribution in [-0.2, 0) is 4.74 Å². The number of carbonyl (C=O) groups is 2. The molecule has 0 bridgehead atoms. The van der Waals surface area contributed by atoms with Crippen LogP contribution in [0.15, 0.2) is 30.3 Å². The second-order valence-electron chi connectivity index (χ2n) is 7.48. The van der Waals surface area contributed by atoms with Crippen molar-refractivity contribution in [2.45, 2.75) is 32.2 Å². The first-order valence-corrected chi connectivity index (χ1v) is 10.2. The zero-order valence-electron chi connectivity index (χ0n) is 18.4. The quantitative estimate of drug-likeness (QED) is 0.715. The van der Waals surface area contributed by atoms with E-state index < -0.39 is 23.6 Å². The molecule has 0 spiro atoms. The van der Waals surface area contributed by atoms with Gasteiger partial charge in [0.15, 0.2) is 11.5 Å². The molecule has 0 saturated heterocycles. The SMILES string of the molecule is CCOC(=O)N1c2cc(OC)c(OC)cc2[C@H](CNC(=O)c2cc(F)cc(F)c2)C[C@@H]1C. The summed E-state index contributed by atoms with van der Waals surface area (Å²) >= 11 is 0. The smallest absolute Gasteiger partial charge is 0.414 e. The number of anilines is 1. The van der Waals surface area contributed by atoms with E-state index in [9.17, 15) is 18.4 Å². The minimum atomic E-state index is -0.825. The van der Waals surface area contributed by atoms with Crippen LogP contribution in [0.5, 0.6) is 11.5 Å². The van der Waals surface area contributed by atoms with Gasteiger partial charge in [0, 0.05) is 36.2 Å². The summed E-state index contributed by atoms with van der Waals surface area (Å²) < 4.78 is 43.0. The van der Waals surface area contributed by atoms with E-state index in [1.165, 1.54) is 14.2 Å². The molecule has 7 nitrogen and oxygen atoms in total. The largest absolute Gasteiger partial charge is 0.493 e. The minimum Gasteiger partial charge on any atom is -0.493 e. The summed E-state index contributed by atoms with van der Waals surface area (Å²) in [4.78, 5) is 26.7. The molecule has 0 unspecified atom stereocenters. The second kappa shape index (κ2) is 9.84. The van der Waals surface area contributed by atoms with Crippen LogP contribution in [-0.4, -0.2) is 45.4 Å². The average molecular weight is 448 g/mol. The predicted octanol–water partition coefficient (Wildman–Crippen LogP) is 4.25. The number of hydrogen-bond donors (Lipinski definition) is 1. The lowest BCUT2D eigenvalue weighted by Gasteiger charge is -2.39. The fourth-order valence-electron chi connectivity index (χ4n) is 3.97. The van der Waals surface area contributed by atoms with Crippen molar-refractivity contribution < 1.29 is 32.6 Å². The van der Waals surface area contributed by atoms with Crippen molar-refractivity contribution in [1.29, 1.82) is 0 Å². The van der Waals surface area contributed by atoms with Crippen LogP contribution in [0.25, 0.3) is 0 Å². The molecule has 0 aromatic heterocycles. The molecule has 1 N–H and O–H groups in total. The van der Waals surface area contributed by atoms with E-state index in [0.717, 1.165) is 17.7 Å². The maximum atomic E-state index is 13.5. The zero-order chi connectivity index (χ0) is 23.4. The van der Waals surface area contributed by atoms with Gasteiger partial charge in [-0.05, 0) is 44.0 Å². The van der Waals surface area contributed by atoms with E-state index in [0.29, 0.717) is 29.7 Å². The Kier molecular flexibility index (Phi) is 7.17. The molecule has 32 heavy (non-hydrogen) atoms. The van der Waals surface area contributed by atoms with E-state index in [1.807, 2.05) is 6.92 Å². The Morgan fingerprint density at radius 2 is 1.69 bits per heavy atom. The van der Waals surface area contributed by atoms with Crippen LogP contribution < -0.4 is 19.7 Å². The Labute approximate surface area is 185 Å². The van der Waals surface area contributed by atoms with Crippen LogP contribution in [0.2, 0.25) is 0 Å². The van der Waals surface area contributed by atoms with Crippen molar-refractivity contribution in [3.05, 3.63) is 53.1 Å². The fraction of sp³-hybridized carbons (Fsp3) is 0.391. The Bertz CT molecular complexity index is 994. The molecule has 172 valence electrons. The molecule has 2 aromatic rings. The van der Waals surface area contributed by atoms with Crippen LogP contribution in [0.4, 0.5) is 19.3 Å². The summed E-state index contributed by atoms with van der Waals surface area (Å²) in [5.74, 6) is -1.50. The highest BCUT2D eigenvalue weighted by Crippen LogP contribution is 2.44. The highest BCUT2D eigenvalue weighted by molar-refractivity contribution is 5.94. The molecule has 0 radical (unpaired) electrons. The van der Waals surface area contributed by atoms with Gasteiger partial charge in [0.05, 0.1) is 26.5 Å². The molecule has 9 heteroatoms. The van der Waals surface area contributed by atoms with Gasteiger partial charge < -0.3 is 19.5 Å². The number of amides is 2. The highest BCUT2D eigenvalue weighted by atomic mass is 19.1. The summed E-state index contributed by atoms with van der Waals surface area (Å²) in [6.45, 7) is 4.04. The molecular formula is C23H26F2N2O5. The van der Waals surface area contributed by atoms with Gasteiger partial charge in [-0.3, -0.25) is 9.69 Å². The lowest BCUT2D eigenvalue weighted by atomic mass is 9.85. The number of benzene rings is 2. The number of hydrogen-bond acceptors (Lipinski definition) is 5. The van der Waals surface area contributed by atoms with E-state index in [2.05, 4.69) is 5.32 Å². The average Bonchev–Trinajstić information content (AvgIpc) is 2.75. The van der Waals surface area contributed by atoms with Crippen LogP contribution >= 0.6 is 0 Å². The first-order valence-electron chi connectivity index (χ1n) is 10.2. The topological polar surface area (TPSA) is 77.1 Å². The standard InChI is InChI=1S/C23H26F2N2O5/c1-5-32-23(29)27-13(2)6-15(18-10-20(30-3)21(31-4)11-19(18)27)12-26-22(28)14-7-16(24)9-17(25)8-14/h7-11,13,15H,5-6,12H2,1-4H3,(H,26,28)/t13-,15-/m0/s1. The third-order valence-electron chi connectivity index (χ3n) is 5.40. The number of fused-ring (bicyclic) bond motifs is 1. The van der Waals surface area contributed by atoms with E-state index in [-0.39, 0.29) is 30.7 Å². The molecule has 0 aliphatic carbocycles. The van der Waals surface area contributed by atoms with Crippen LogP contribution in [0.1, 0.15) is 42.1 Å². The summed E-state index contributed by atoms with van der Waals surface area (Å²) in [7, 11) is 3.01. The number of ether oxygens (including phenoxy) is 3. The maximum absolute atomic E-state index is 13.5. The van der Waals surface area contributed by atoms with Crippen molar-refractivity contribution in [3.63, 3.8) is 0 Å². The molecule has 1 aliphatic heterocycles. The van der Waals surface area contributed by atoms with Gasteiger partial charge in [-0.15, -0.1) is 0 Å². The van der Waals surface area contributed by atoms with Crippen molar-refractivity contribution >= 4 is 17.7 Å².